The van der Waals surface area contributed by atoms with E-state index in [1.807, 2.05) is 6.07 Å². The van der Waals surface area contributed by atoms with E-state index in [1.165, 1.54) is 14.2 Å². The second kappa shape index (κ2) is 10.4. The van der Waals surface area contributed by atoms with E-state index in [9.17, 15) is 9.90 Å². The Bertz CT molecular complexity index is 427. The normalized spacial score (nSPS) is 13.0. The molecule has 0 aliphatic carbocycles. The van der Waals surface area contributed by atoms with Gasteiger partial charge < -0.3 is 25.6 Å². The van der Waals surface area contributed by atoms with Crippen LogP contribution in [0, 0.1) is 0 Å². The molecule has 1 aromatic rings. The second-order valence-electron chi connectivity index (χ2n) is 4.36. The lowest BCUT2D eigenvalue weighted by Crippen LogP contribution is -2.34. The first-order chi connectivity index (χ1) is 9.62. The molecule has 0 bridgehead atoms. The fourth-order valence-corrected chi connectivity index (χ4v) is 1.80. The molecule has 6 nitrogen and oxygen atoms in total. The zero-order valence-electron chi connectivity index (χ0n) is 12.2. The summed E-state index contributed by atoms with van der Waals surface area (Å²) in [5.41, 5.74) is 6.08. The van der Waals surface area contributed by atoms with Gasteiger partial charge in [0.2, 0.25) is 5.91 Å². The van der Waals surface area contributed by atoms with Gasteiger partial charge in [0, 0.05) is 25.8 Å². The molecule has 0 spiro atoms. The van der Waals surface area contributed by atoms with Gasteiger partial charge in [-0.1, -0.05) is 18.2 Å². The number of nitrogens with one attached hydrogen (secondary N) is 1. The van der Waals surface area contributed by atoms with Gasteiger partial charge in [-0.15, -0.1) is 12.4 Å². The van der Waals surface area contributed by atoms with Crippen LogP contribution in [-0.2, 0) is 9.53 Å². The topological polar surface area (TPSA) is 93.8 Å². The monoisotopic (exact) mass is 318 g/mol. The van der Waals surface area contributed by atoms with Gasteiger partial charge in [0.05, 0.1) is 25.7 Å². The van der Waals surface area contributed by atoms with Gasteiger partial charge in [0.1, 0.15) is 5.75 Å². The maximum atomic E-state index is 11.7. The van der Waals surface area contributed by atoms with Gasteiger partial charge in [-0.25, -0.2) is 0 Å². The number of nitrogens with two attached hydrogens (primary N) is 1. The number of para-hydroxylation sites is 1. The molecule has 1 aromatic carbocycles. The van der Waals surface area contributed by atoms with Gasteiger partial charge in [-0.2, -0.15) is 0 Å². The summed E-state index contributed by atoms with van der Waals surface area (Å²) >= 11 is 0. The maximum Gasteiger partial charge on any atom is 0.222 e. The molecule has 0 aliphatic heterocycles. The van der Waals surface area contributed by atoms with Gasteiger partial charge in [0.25, 0.3) is 0 Å². The molecule has 0 heterocycles. The summed E-state index contributed by atoms with van der Waals surface area (Å²) < 4.78 is 10.2. The third-order valence-corrected chi connectivity index (χ3v) is 3.00. The standard InChI is InChI=1S/C14H22N2O4.ClH/c1-19-10(8-15)7-14(18)16-9-12(17)11-5-3-4-6-13(11)20-2;/h3-6,10,12,17H,7-9,15H2,1-2H3,(H,16,18);1H. The Morgan fingerprint density at radius 2 is 2.05 bits per heavy atom. The molecule has 0 fully saturated rings. The SMILES string of the molecule is COc1ccccc1C(O)CNC(=O)CC(CN)OC.Cl. The Kier molecular flexibility index (Phi) is 9.73. The van der Waals surface area contributed by atoms with Crippen molar-refractivity contribution in [2.45, 2.75) is 18.6 Å². The number of aliphatic hydroxyl groups is 1. The molecule has 1 rings (SSSR count). The van der Waals surface area contributed by atoms with Gasteiger partial charge in [-0.05, 0) is 6.07 Å². The van der Waals surface area contributed by atoms with Crippen LogP contribution in [0.15, 0.2) is 24.3 Å². The number of carbonyl (C=O) groups excluding carboxylic acids is 1. The summed E-state index contributed by atoms with van der Waals surface area (Å²) in [6, 6.07) is 7.14. The number of ether oxygens (including phenoxy) is 2. The minimum absolute atomic E-state index is 0. The van der Waals surface area contributed by atoms with Gasteiger partial charge >= 0.3 is 0 Å². The number of halogens is 1. The largest absolute Gasteiger partial charge is 0.496 e. The summed E-state index contributed by atoms with van der Waals surface area (Å²) in [6.45, 7) is 0.388. The van der Waals surface area contributed by atoms with E-state index in [2.05, 4.69) is 5.32 Å². The Morgan fingerprint density at radius 3 is 2.62 bits per heavy atom. The van der Waals surface area contributed by atoms with Crippen LogP contribution in [0.25, 0.3) is 0 Å². The number of hydrogen-bond acceptors (Lipinski definition) is 5. The van der Waals surface area contributed by atoms with E-state index < -0.39 is 6.10 Å². The second-order valence-corrected chi connectivity index (χ2v) is 4.36. The minimum atomic E-state index is -0.825. The van der Waals surface area contributed by atoms with Crippen LogP contribution in [-0.4, -0.2) is 44.4 Å². The average Bonchev–Trinajstić information content (AvgIpc) is 2.50. The number of amides is 1. The molecule has 4 N–H and O–H groups in total. The first-order valence-electron chi connectivity index (χ1n) is 6.42. The van der Waals surface area contributed by atoms with Crippen molar-refractivity contribution >= 4 is 18.3 Å². The Morgan fingerprint density at radius 1 is 1.38 bits per heavy atom. The lowest BCUT2D eigenvalue weighted by Gasteiger charge is -2.17. The minimum Gasteiger partial charge on any atom is -0.496 e. The van der Waals surface area contributed by atoms with Crippen molar-refractivity contribution in [1.29, 1.82) is 0 Å². The van der Waals surface area contributed by atoms with Crippen molar-refractivity contribution in [3.8, 4) is 5.75 Å². The molecular weight excluding hydrogens is 296 g/mol. The number of rotatable bonds is 8. The Balaban J connectivity index is 0.00000400. The smallest absolute Gasteiger partial charge is 0.222 e. The van der Waals surface area contributed by atoms with Crippen molar-refractivity contribution in [2.24, 2.45) is 5.73 Å². The maximum absolute atomic E-state index is 11.7. The quantitative estimate of drug-likeness (QED) is 0.653. The zero-order chi connectivity index (χ0) is 15.0. The van der Waals surface area contributed by atoms with Crippen molar-refractivity contribution < 1.29 is 19.4 Å². The van der Waals surface area contributed by atoms with Crippen LogP contribution < -0.4 is 15.8 Å². The van der Waals surface area contributed by atoms with Crippen molar-refractivity contribution in [1.82, 2.24) is 5.32 Å². The van der Waals surface area contributed by atoms with E-state index in [-0.39, 0.29) is 43.9 Å². The van der Waals surface area contributed by atoms with E-state index in [0.29, 0.717) is 11.3 Å². The van der Waals surface area contributed by atoms with Crippen LogP contribution in [0.4, 0.5) is 0 Å². The van der Waals surface area contributed by atoms with Crippen molar-refractivity contribution in [3.05, 3.63) is 29.8 Å². The van der Waals surface area contributed by atoms with Crippen LogP contribution >= 0.6 is 12.4 Å². The molecular formula is C14H23ClN2O4. The molecule has 0 saturated heterocycles. The predicted molar refractivity (Wildman–Crippen MR) is 82.7 cm³/mol. The molecule has 0 saturated carbocycles. The first kappa shape index (κ1) is 19.7. The molecule has 21 heavy (non-hydrogen) atoms. The van der Waals surface area contributed by atoms with E-state index in [1.54, 1.807) is 18.2 Å². The summed E-state index contributed by atoms with van der Waals surface area (Å²) in [4.78, 5) is 11.7. The van der Waals surface area contributed by atoms with E-state index in [0.717, 1.165) is 0 Å². The molecule has 2 atom stereocenters. The molecule has 120 valence electrons. The predicted octanol–water partition coefficient (Wildman–Crippen LogP) is 0.630. The summed E-state index contributed by atoms with van der Waals surface area (Å²) in [7, 11) is 3.04. The third-order valence-electron chi connectivity index (χ3n) is 3.00. The highest BCUT2D eigenvalue weighted by atomic mass is 35.5. The highest BCUT2D eigenvalue weighted by Gasteiger charge is 2.15. The average molecular weight is 319 g/mol. The van der Waals surface area contributed by atoms with Crippen LogP contribution in [0.3, 0.4) is 0 Å². The number of carbonyl (C=O) groups is 1. The number of aliphatic hydroxyl groups excluding tert-OH is 1. The molecule has 2 unspecified atom stereocenters. The summed E-state index contributed by atoms with van der Waals surface area (Å²) in [5, 5.41) is 12.7. The highest BCUT2D eigenvalue weighted by molar-refractivity contribution is 5.85. The lowest BCUT2D eigenvalue weighted by molar-refractivity contribution is -0.123. The number of benzene rings is 1. The van der Waals surface area contributed by atoms with Crippen molar-refractivity contribution in [2.75, 3.05) is 27.3 Å². The molecule has 0 aromatic heterocycles. The van der Waals surface area contributed by atoms with Gasteiger partial charge in [0.15, 0.2) is 0 Å². The fourth-order valence-electron chi connectivity index (χ4n) is 1.80. The first-order valence-corrected chi connectivity index (χ1v) is 6.42. The Labute approximate surface area is 131 Å². The molecule has 0 radical (unpaired) electrons. The highest BCUT2D eigenvalue weighted by Crippen LogP contribution is 2.23. The lowest BCUT2D eigenvalue weighted by atomic mass is 10.1. The Hall–Kier alpha value is -1.34. The van der Waals surface area contributed by atoms with Gasteiger partial charge in [-0.3, -0.25) is 4.79 Å². The molecule has 7 heteroatoms. The fraction of sp³-hybridized carbons (Fsp3) is 0.500. The molecule has 0 aliphatic rings. The van der Waals surface area contributed by atoms with Crippen molar-refractivity contribution in [3.63, 3.8) is 0 Å². The summed E-state index contributed by atoms with van der Waals surface area (Å²) in [6.07, 6.45) is -0.960. The third kappa shape index (κ3) is 6.31. The van der Waals surface area contributed by atoms with Crippen LogP contribution in [0.1, 0.15) is 18.1 Å². The number of methoxy groups -OCH3 is 2. The zero-order valence-corrected chi connectivity index (χ0v) is 13.1. The van der Waals surface area contributed by atoms with E-state index in [4.69, 9.17) is 15.2 Å². The number of hydrogen-bond donors (Lipinski definition) is 3. The summed E-state index contributed by atoms with van der Waals surface area (Å²) in [5.74, 6) is 0.377. The van der Waals surface area contributed by atoms with E-state index >= 15 is 0 Å². The van der Waals surface area contributed by atoms with Crippen LogP contribution in [0.5, 0.6) is 5.75 Å². The van der Waals surface area contributed by atoms with Crippen LogP contribution in [0.2, 0.25) is 0 Å². The molecule has 1 amide bonds.